The fourth-order valence-corrected chi connectivity index (χ4v) is 6.24. The molecule has 2 heterocycles. The van der Waals surface area contributed by atoms with Gasteiger partial charge in [-0.1, -0.05) is 41.9 Å². The molecule has 200 valence electrons. The first-order chi connectivity index (χ1) is 18.1. The van der Waals surface area contributed by atoms with Crippen molar-refractivity contribution < 1.29 is 27.9 Å². The molecule has 11 nitrogen and oxygen atoms in total. The van der Waals surface area contributed by atoms with Gasteiger partial charge in [-0.05, 0) is 35.4 Å². The maximum atomic E-state index is 13.0. The number of anilines is 1. The molecule has 0 spiro atoms. The molecule has 0 aliphatic carbocycles. The number of amides is 1. The minimum Gasteiger partial charge on any atom is -0.496 e. The first-order valence-electron chi connectivity index (χ1n) is 11.2. The van der Waals surface area contributed by atoms with Gasteiger partial charge < -0.3 is 20.9 Å². The minimum atomic E-state index is -3.94. The molecule has 2 aromatic carbocycles. The summed E-state index contributed by atoms with van der Waals surface area (Å²) in [4.78, 5) is 22.8. The zero-order chi connectivity index (χ0) is 27.4. The lowest BCUT2D eigenvalue weighted by Gasteiger charge is -2.10. The van der Waals surface area contributed by atoms with Crippen LogP contribution in [0.3, 0.4) is 0 Å². The number of fused-ring (bicyclic) bond motifs is 1. The molecular weight excluding hydrogens is 554 g/mol. The van der Waals surface area contributed by atoms with Crippen molar-refractivity contribution in [1.82, 2.24) is 15.1 Å². The van der Waals surface area contributed by atoms with Gasteiger partial charge in [-0.25, -0.2) is 8.42 Å². The van der Waals surface area contributed by atoms with E-state index in [0.29, 0.717) is 27.5 Å². The average Bonchev–Trinajstić information content (AvgIpc) is 3.47. The normalized spacial score (nSPS) is 12.3. The Kier molecular flexibility index (Phi) is 8.21. The Bertz CT molecular complexity index is 1600. The van der Waals surface area contributed by atoms with Crippen molar-refractivity contribution in [3.05, 3.63) is 70.1 Å². The summed E-state index contributed by atoms with van der Waals surface area (Å²) in [7, 11) is -2.45. The van der Waals surface area contributed by atoms with Crippen LogP contribution in [0.5, 0.6) is 5.75 Å². The quantitative estimate of drug-likeness (QED) is 0.211. The number of nitrogens with zero attached hydrogens (tertiary/aromatic N) is 2. The van der Waals surface area contributed by atoms with Crippen molar-refractivity contribution in [2.24, 2.45) is 5.73 Å². The number of methoxy groups -OCH3 is 1. The monoisotopic (exact) mass is 577 g/mol. The third-order valence-corrected chi connectivity index (χ3v) is 8.60. The Morgan fingerprint density at radius 2 is 1.92 bits per heavy atom. The van der Waals surface area contributed by atoms with Crippen molar-refractivity contribution in [3.63, 3.8) is 0 Å². The molecule has 1 atom stereocenters. The lowest BCUT2D eigenvalue weighted by molar-refractivity contribution is -0.140. The number of carboxylic acids is 1. The molecule has 38 heavy (non-hydrogen) atoms. The smallest absolute Gasteiger partial charge is 0.321 e. The molecule has 1 amide bonds. The Morgan fingerprint density at radius 3 is 2.61 bits per heavy atom. The zero-order valence-corrected chi connectivity index (χ0v) is 22.4. The number of carbonyl (C=O) groups is 2. The van der Waals surface area contributed by atoms with Crippen LogP contribution in [-0.4, -0.2) is 48.3 Å². The molecule has 0 fully saturated rings. The third kappa shape index (κ3) is 6.25. The number of rotatable bonds is 11. The first-order valence-corrected chi connectivity index (χ1v) is 13.9. The number of nitrogens with one attached hydrogen (secondary N) is 2. The number of nitrogens with two attached hydrogens (primary N) is 1. The average molecular weight is 578 g/mol. The van der Waals surface area contributed by atoms with Crippen LogP contribution in [0.25, 0.3) is 10.9 Å². The van der Waals surface area contributed by atoms with E-state index in [0.717, 1.165) is 22.5 Å². The van der Waals surface area contributed by atoms with Gasteiger partial charge in [-0.3, -0.25) is 19.0 Å². The van der Waals surface area contributed by atoms with Crippen LogP contribution in [0, 0.1) is 0 Å². The van der Waals surface area contributed by atoms with E-state index in [-0.39, 0.29) is 23.0 Å². The molecule has 0 aliphatic rings. The summed E-state index contributed by atoms with van der Waals surface area (Å²) in [6.45, 7) is 0.475. The van der Waals surface area contributed by atoms with Gasteiger partial charge in [-0.15, -0.1) is 11.3 Å². The van der Waals surface area contributed by atoms with Gasteiger partial charge in [0.2, 0.25) is 5.91 Å². The summed E-state index contributed by atoms with van der Waals surface area (Å²) in [6, 6.07) is 14.3. The van der Waals surface area contributed by atoms with Crippen LogP contribution in [0.2, 0.25) is 4.34 Å². The van der Waals surface area contributed by atoms with E-state index in [1.807, 2.05) is 24.3 Å². The minimum absolute atomic E-state index is 0.0548. The van der Waals surface area contributed by atoms with Crippen LogP contribution in [0.1, 0.15) is 17.5 Å². The molecule has 0 unspecified atom stereocenters. The van der Waals surface area contributed by atoms with Gasteiger partial charge in [0.05, 0.1) is 35.3 Å². The van der Waals surface area contributed by atoms with Crippen molar-refractivity contribution >= 4 is 61.6 Å². The fourth-order valence-electron chi connectivity index (χ4n) is 3.75. The van der Waals surface area contributed by atoms with Gasteiger partial charge in [0.15, 0.2) is 5.82 Å². The third-order valence-electron chi connectivity index (χ3n) is 5.54. The van der Waals surface area contributed by atoms with Crippen LogP contribution in [-0.2, 0) is 32.7 Å². The summed E-state index contributed by atoms with van der Waals surface area (Å²) in [5, 5.41) is 16.6. The van der Waals surface area contributed by atoms with E-state index in [9.17, 15) is 18.0 Å². The van der Waals surface area contributed by atoms with Crippen molar-refractivity contribution in [3.8, 4) is 5.75 Å². The Hall–Kier alpha value is -3.65. The predicted octanol–water partition coefficient (Wildman–Crippen LogP) is 3.03. The van der Waals surface area contributed by atoms with E-state index in [4.69, 9.17) is 27.2 Å². The number of benzene rings is 2. The molecule has 4 aromatic rings. The summed E-state index contributed by atoms with van der Waals surface area (Å²) >= 11 is 6.86. The van der Waals surface area contributed by atoms with E-state index in [1.54, 1.807) is 22.9 Å². The highest BCUT2D eigenvalue weighted by molar-refractivity contribution is 7.94. The van der Waals surface area contributed by atoms with Crippen molar-refractivity contribution in [2.75, 3.05) is 11.8 Å². The highest BCUT2D eigenvalue weighted by Crippen LogP contribution is 2.35. The maximum absolute atomic E-state index is 13.0. The molecule has 4 rings (SSSR count). The van der Waals surface area contributed by atoms with Crippen LogP contribution in [0.15, 0.2) is 58.8 Å². The molecule has 0 radical (unpaired) electrons. The largest absolute Gasteiger partial charge is 0.496 e. The number of hydrogen-bond acceptors (Lipinski definition) is 8. The van der Waals surface area contributed by atoms with Crippen LogP contribution < -0.4 is 20.5 Å². The summed E-state index contributed by atoms with van der Waals surface area (Å²) in [5.74, 6) is -1.16. The number of halogens is 1. The van der Waals surface area contributed by atoms with E-state index >= 15 is 0 Å². The number of aromatic nitrogens is 2. The zero-order valence-electron chi connectivity index (χ0n) is 20.0. The topological polar surface area (TPSA) is 166 Å². The van der Waals surface area contributed by atoms with Crippen LogP contribution >= 0.6 is 22.9 Å². The number of carboxylic acid groups (broad SMARTS) is 1. The number of hydrogen-bond donors (Lipinski definition) is 4. The Labute approximate surface area is 227 Å². The second kappa shape index (κ2) is 11.4. The molecule has 0 saturated carbocycles. The first kappa shape index (κ1) is 27.4. The number of carbonyl (C=O) groups excluding carboxylic acids is 1. The Balaban J connectivity index is 1.59. The van der Waals surface area contributed by atoms with Crippen molar-refractivity contribution in [1.29, 1.82) is 0 Å². The van der Waals surface area contributed by atoms with Crippen molar-refractivity contribution in [2.45, 2.75) is 29.8 Å². The number of aliphatic carboxylic acids is 1. The molecule has 5 N–H and O–H groups in total. The predicted molar refractivity (Wildman–Crippen MR) is 144 cm³/mol. The lowest BCUT2D eigenvalue weighted by Crippen LogP contribution is -2.36. The number of sulfonamides is 1. The van der Waals surface area contributed by atoms with E-state index in [1.165, 1.54) is 19.2 Å². The molecule has 14 heteroatoms. The van der Waals surface area contributed by atoms with Gasteiger partial charge >= 0.3 is 5.97 Å². The molecular formula is C24H24ClN5O6S2. The van der Waals surface area contributed by atoms with Gasteiger partial charge in [-0.2, -0.15) is 5.10 Å². The summed E-state index contributed by atoms with van der Waals surface area (Å²) in [6.07, 6.45) is -0.327. The summed E-state index contributed by atoms with van der Waals surface area (Å²) in [5.41, 5.74) is 7.68. The molecule has 2 aromatic heterocycles. The fraction of sp³-hybridized carbons (Fsp3) is 0.208. The second-order valence-electron chi connectivity index (χ2n) is 8.27. The second-order valence-corrected chi connectivity index (χ2v) is 11.9. The Morgan fingerprint density at radius 1 is 1.18 bits per heavy atom. The van der Waals surface area contributed by atoms with Gasteiger partial charge in [0, 0.05) is 6.54 Å². The van der Waals surface area contributed by atoms with E-state index < -0.39 is 27.9 Å². The van der Waals surface area contributed by atoms with Gasteiger partial charge in [0.25, 0.3) is 10.0 Å². The highest BCUT2D eigenvalue weighted by Gasteiger charge is 2.23. The molecule has 0 bridgehead atoms. The van der Waals surface area contributed by atoms with Gasteiger partial charge in [0.1, 0.15) is 16.0 Å². The van der Waals surface area contributed by atoms with Crippen LogP contribution in [0.4, 0.5) is 5.82 Å². The molecule has 0 aliphatic heterocycles. The highest BCUT2D eigenvalue weighted by atomic mass is 35.5. The number of thiophene rings is 1. The summed E-state index contributed by atoms with van der Waals surface area (Å²) < 4.78 is 36.0. The standard InChI is InChI=1S/C24H24ClN5O6S2/c1-36-18-7-3-6-17-22(18)23(29-38(34,35)21-9-8-19(25)37-21)28-30(17)13-15-5-2-4-14(10-15)12-27-20(31)11-16(26)24(32)33/h2-10,16H,11-13,26H2,1H3,(H,27,31)(H,28,29)(H,32,33)/t16-/m0/s1. The maximum Gasteiger partial charge on any atom is 0.321 e. The van der Waals surface area contributed by atoms with E-state index in [2.05, 4.69) is 15.1 Å². The lowest BCUT2D eigenvalue weighted by atomic mass is 10.1. The molecule has 0 saturated heterocycles. The number of ether oxygens (including phenoxy) is 1. The SMILES string of the molecule is COc1cccc2c1c(NS(=O)(=O)c1ccc(Cl)s1)nn2Cc1cccc(CNC(=O)C[C@H](N)C(=O)O)c1.